The monoisotopic (exact) mass is 267 g/mol. The summed E-state index contributed by atoms with van der Waals surface area (Å²) in [7, 11) is 0. The lowest BCUT2D eigenvalue weighted by molar-refractivity contribution is 0.215. The zero-order valence-corrected chi connectivity index (χ0v) is 10.7. The van der Waals surface area contributed by atoms with Crippen LogP contribution in [-0.2, 0) is 0 Å². The first-order valence-corrected chi connectivity index (χ1v) is 5.89. The fourth-order valence-corrected chi connectivity index (χ4v) is 1.93. The second-order valence-electron chi connectivity index (χ2n) is 3.83. The van der Waals surface area contributed by atoms with Gasteiger partial charge in [0.2, 0.25) is 0 Å². The number of aryl methyl sites for hydroxylation is 1. The molecule has 2 rings (SSSR count). The van der Waals surface area contributed by atoms with E-state index >= 15 is 0 Å². The maximum Gasteiger partial charge on any atom is 0.122 e. The van der Waals surface area contributed by atoms with Crippen LogP contribution in [0.3, 0.4) is 0 Å². The predicted octanol–water partition coefficient (Wildman–Crippen LogP) is 3.78. The van der Waals surface area contributed by atoms with Crippen molar-refractivity contribution in [2.75, 3.05) is 0 Å². The summed E-state index contributed by atoms with van der Waals surface area (Å²) in [5, 5.41) is 11.2. The van der Waals surface area contributed by atoms with E-state index in [1.165, 1.54) is 0 Å². The van der Waals surface area contributed by atoms with E-state index in [0.717, 1.165) is 5.56 Å². The Bertz CT molecular complexity index is 525. The molecule has 4 heteroatoms. The molecule has 17 heavy (non-hydrogen) atoms. The van der Waals surface area contributed by atoms with Gasteiger partial charge in [0, 0.05) is 21.8 Å². The molecule has 0 radical (unpaired) electrons. The van der Waals surface area contributed by atoms with Crippen LogP contribution in [-0.4, -0.2) is 10.1 Å². The number of aromatic nitrogens is 1. The normalized spacial score (nSPS) is 12.5. The van der Waals surface area contributed by atoms with Crippen LogP contribution in [0.1, 0.15) is 22.9 Å². The van der Waals surface area contributed by atoms with Crippen molar-refractivity contribution in [3.8, 4) is 0 Å². The first-order chi connectivity index (χ1) is 8.08. The number of aliphatic hydroxyl groups is 1. The summed E-state index contributed by atoms with van der Waals surface area (Å²) in [4.78, 5) is 4.17. The molecule has 0 aliphatic heterocycles. The second kappa shape index (κ2) is 5.05. The maximum atomic E-state index is 10.2. The van der Waals surface area contributed by atoms with Gasteiger partial charge in [0.15, 0.2) is 0 Å². The zero-order chi connectivity index (χ0) is 12.4. The van der Waals surface area contributed by atoms with Gasteiger partial charge in [-0.2, -0.15) is 0 Å². The lowest BCUT2D eigenvalue weighted by Crippen LogP contribution is -2.03. The standard InChI is InChI=1S/C13H11Cl2NO/c1-8-2-5-12(16-7-8)13(17)10-6-9(14)3-4-11(10)15/h2-7,13,17H,1H3. The van der Waals surface area contributed by atoms with Gasteiger partial charge in [-0.25, -0.2) is 0 Å². The van der Waals surface area contributed by atoms with Gasteiger partial charge in [-0.15, -0.1) is 0 Å². The van der Waals surface area contributed by atoms with Gasteiger partial charge in [0.25, 0.3) is 0 Å². The third-order valence-corrected chi connectivity index (χ3v) is 3.05. The van der Waals surface area contributed by atoms with Gasteiger partial charge < -0.3 is 5.11 Å². The van der Waals surface area contributed by atoms with Crippen LogP contribution in [0, 0.1) is 6.92 Å². The number of benzene rings is 1. The highest BCUT2D eigenvalue weighted by molar-refractivity contribution is 6.33. The number of nitrogens with zero attached hydrogens (tertiary/aromatic N) is 1. The van der Waals surface area contributed by atoms with Gasteiger partial charge in [-0.1, -0.05) is 29.3 Å². The third-order valence-electron chi connectivity index (χ3n) is 2.47. The molecule has 0 bridgehead atoms. The van der Waals surface area contributed by atoms with E-state index in [9.17, 15) is 5.11 Å². The Morgan fingerprint density at radius 3 is 2.59 bits per heavy atom. The molecule has 2 aromatic rings. The molecule has 2 nitrogen and oxygen atoms in total. The minimum atomic E-state index is -0.859. The molecule has 0 spiro atoms. The summed E-state index contributed by atoms with van der Waals surface area (Å²) in [6, 6.07) is 8.66. The summed E-state index contributed by atoms with van der Waals surface area (Å²) in [5.74, 6) is 0. The molecule has 0 amide bonds. The minimum absolute atomic E-state index is 0.476. The van der Waals surface area contributed by atoms with Crippen LogP contribution >= 0.6 is 23.2 Å². The first kappa shape index (κ1) is 12.4. The molecule has 0 fully saturated rings. The molecule has 1 aromatic heterocycles. The van der Waals surface area contributed by atoms with E-state index in [4.69, 9.17) is 23.2 Å². The highest BCUT2D eigenvalue weighted by Gasteiger charge is 2.15. The molecule has 0 saturated carbocycles. The number of aliphatic hydroxyl groups excluding tert-OH is 1. The van der Waals surface area contributed by atoms with Gasteiger partial charge in [0.1, 0.15) is 6.10 Å². The maximum absolute atomic E-state index is 10.2. The van der Waals surface area contributed by atoms with Crippen LogP contribution in [0.15, 0.2) is 36.5 Å². The SMILES string of the molecule is Cc1ccc(C(O)c2cc(Cl)ccc2Cl)nc1. The van der Waals surface area contributed by atoms with Crippen LogP contribution in [0.25, 0.3) is 0 Å². The molecular weight excluding hydrogens is 257 g/mol. The van der Waals surface area contributed by atoms with E-state index in [0.29, 0.717) is 21.3 Å². The van der Waals surface area contributed by atoms with Crippen molar-refractivity contribution in [2.24, 2.45) is 0 Å². The number of hydrogen-bond donors (Lipinski definition) is 1. The van der Waals surface area contributed by atoms with Gasteiger partial charge in [-0.3, -0.25) is 4.98 Å². The van der Waals surface area contributed by atoms with E-state index in [1.807, 2.05) is 13.0 Å². The lowest BCUT2D eigenvalue weighted by atomic mass is 10.1. The molecule has 1 heterocycles. The summed E-state index contributed by atoms with van der Waals surface area (Å²) < 4.78 is 0. The van der Waals surface area contributed by atoms with Gasteiger partial charge >= 0.3 is 0 Å². The van der Waals surface area contributed by atoms with Crippen LogP contribution in [0.4, 0.5) is 0 Å². The number of halogens is 2. The highest BCUT2D eigenvalue weighted by atomic mass is 35.5. The Kier molecular flexibility index (Phi) is 3.67. The Balaban J connectivity index is 2.39. The number of pyridine rings is 1. The molecule has 0 saturated heterocycles. The summed E-state index contributed by atoms with van der Waals surface area (Å²) in [6.07, 6.45) is 0.846. The molecule has 88 valence electrons. The van der Waals surface area contributed by atoms with Crippen molar-refractivity contribution < 1.29 is 5.11 Å². The minimum Gasteiger partial charge on any atom is -0.382 e. The Hall–Kier alpha value is -1.09. The van der Waals surface area contributed by atoms with E-state index < -0.39 is 6.10 Å². The summed E-state index contributed by atoms with van der Waals surface area (Å²) in [6.45, 7) is 1.94. The van der Waals surface area contributed by atoms with Crippen molar-refractivity contribution in [1.29, 1.82) is 0 Å². The fraction of sp³-hybridized carbons (Fsp3) is 0.154. The summed E-state index contributed by atoms with van der Waals surface area (Å²) in [5.41, 5.74) is 2.16. The molecular formula is C13H11Cl2NO. The average molecular weight is 268 g/mol. The molecule has 1 aromatic carbocycles. The van der Waals surface area contributed by atoms with Gasteiger partial charge in [-0.05, 0) is 36.8 Å². The van der Waals surface area contributed by atoms with E-state index in [-0.39, 0.29) is 0 Å². The topological polar surface area (TPSA) is 33.1 Å². The van der Waals surface area contributed by atoms with Crippen molar-refractivity contribution in [2.45, 2.75) is 13.0 Å². The molecule has 0 aliphatic carbocycles. The van der Waals surface area contributed by atoms with Crippen LogP contribution in [0.5, 0.6) is 0 Å². The molecule has 1 atom stereocenters. The first-order valence-electron chi connectivity index (χ1n) is 5.13. The smallest absolute Gasteiger partial charge is 0.122 e. The van der Waals surface area contributed by atoms with E-state index in [1.54, 1.807) is 30.5 Å². The van der Waals surface area contributed by atoms with Crippen molar-refractivity contribution in [3.63, 3.8) is 0 Å². The number of hydrogen-bond acceptors (Lipinski definition) is 2. The Morgan fingerprint density at radius 2 is 1.94 bits per heavy atom. The van der Waals surface area contributed by atoms with E-state index in [2.05, 4.69) is 4.98 Å². The summed E-state index contributed by atoms with van der Waals surface area (Å²) >= 11 is 11.9. The Labute approximate surface area is 110 Å². The molecule has 0 aliphatic rings. The van der Waals surface area contributed by atoms with Crippen molar-refractivity contribution >= 4 is 23.2 Å². The average Bonchev–Trinajstić information content (AvgIpc) is 2.32. The fourth-order valence-electron chi connectivity index (χ4n) is 1.52. The van der Waals surface area contributed by atoms with Gasteiger partial charge in [0.05, 0.1) is 5.69 Å². The van der Waals surface area contributed by atoms with Crippen molar-refractivity contribution in [3.05, 3.63) is 63.4 Å². The molecule has 1 N–H and O–H groups in total. The lowest BCUT2D eigenvalue weighted by Gasteiger charge is -2.12. The third kappa shape index (κ3) is 2.78. The largest absolute Gasteiger partial charge is 0.382 e. The van der Waals surface area contributed by atoms with Crippen LogP contribution in [0.2, 0.25) is 10.0 Å². The predicted molar refractivity (Wildman–Crippen MR) is 69.5 cm³/mol. The highest BCUT2D eigenvalue weighted by Crippen LogP contribution is 2.29. The zero-order valence-electron chi connectivity index (χ0n) is 9.19. The molecule has 1 unspecified atom stereocenters. The van der Waals surface area contributed by atoms with Crippen molar-refractivity contribution in [1.82, 2.24) is 4.98 Å². The number of rotatable bonds is 2. The Morgan fingerprint density at radius 1 is 1.18 bits per heavy atom. The second-order valence-corrected chi connectivity index (χ2v) is 4.67. The quantitative estimate of drug-likeness (QED) is 0.899. The van der Waals surface area contributed by atoms with Crippen LogP contribution < -0.4 is 0 Å².